The Morgan fingerprint density at radius 3 is 3.06 bits per heavy atom. The van der Waals surface area contributed by atoms with E-state index in [0.717, 1.165) is 6.42 Å². The number of hydrogen-bond acceptors (Lipinski definition) is 3. The number of furan rings is 1. The zero-order chi connectivity index (χ0) is 11.0. The number of nitrogens with zero attached hydrogens (tertiary/aromatic N) is 1. The third-order valence-corrected chi connectivity index (χ3v) is 3.77. The zero-order valence-corrected chi connectivity index (χ0v) is 8.98. The van der Waals surface area contributed by atoms with E-state index in [1.807, 2.05) is 0 Å². The molecule has 0 aromatic carbocycles. The van der Waals surface area contributed by atoms with Crippen molar-refractivity contribution in [2.75, 3.05) is 0 Å². The summed E-state index contributed by atoms with van der Waals surface area (Å²) in [6, 6.07) is 3.58. The summed E-state index contributed by atoms with van der Waals surface area (Å²) in [4.78, 5) is 11.7. The summed E-state index contributed by atoms with van der Waals surface area (Å²) >= 11 is 0. The summed E-state index contributed by atoms with van der Waals surface area (Å²) in [6.07, 6.45) is 7.86. The molecule has 0 aliphatic heterocycles. The standard InChI is InChI=1S/C12H14N2O2/c15-11(10-7-12(10)4-2-5-12)14-13-8-9-3-1-6-16-9/h1,3,6,8,10H,2,4-5,7H2,(H,14,15)/b13-8-/t10-/m1/s1. The van der Waals surface area contributed by atoms with Crippen molar-refractivity contribution in [1.29, 1.82) is 0 Å². The summed E-state index contributed by atoms with van der Waals surface area (Å²) in [7, 11) is 0. The lowest BCUT2D eigenvalue weighted by atomic mass is 9.80. The normalized spacial score (nSPS) is 25.6. The minimum Gasteiger partial charge on any atom is -0.463 e. The first-order chi connectivity index (χ1) is 7.80. The molecule has 0 saturated heterocycles. The Bertz CT molecular complexity index is 418. The van der Waals surface area contributed by atoms with Crippen LogP contribution in [0.1, 0.15) is 31.4 Å². The minimum absolute atomic E-state index is 0.0579. The van der Waals surface area contributed by atoms with E-state index in [1.54, 1.807) is 18.4 Å². The lowest BCUT2D eigenvalue weighted by Gasteiger charge is -2.25. The molecule has 84 valence electrons. The van der Waals surface area contributed by atoms with Gasteiger partial charge in [0.05, 0.1) is 12.5 Å². The van der Waals surface area contributed by atoms with Crippen LogP contribution in [0.15, 0.2) is 27.9 Å². The van der Waals surface area contributed by atoms with E-state index in [9.17, 15) is 4.79 Å². The number of nitrogens with one attached hydrogen (secondary N) is 1. The van der Waals surface area contributed by atoms with Gasteiger partial charge in [0, 0.05) is 5.92 Å². The number of carbonyl (C=O) groups excluding carboxylic acids is 1. The minimum atomic E-state index is 0.0579. The summed E-state index contributed by atoms with van der Waals surface area (Å²) in [5.74, 6) is 0.909. The Morgan fingerprint density at radius 2 is 2.50 bits per heavy atom. The molecule has 1 aromatic heterocycles. The van der Waals surface area contributed by atoms with Crippen molar-refractivity contribution in [1.82, 2.24) is 5.43 Å². The molecule has 1 aromatic rings. The predicted molar refractivity (Wildman–Crippen MR) is 58.8 cm³/mol. The van der Waals surface area contributed by atoms with Crippen molar-refractivity contribution in [2.24, 2.45) is 16.4 Å². The molecule has 0 unspecified atom stereocenters. The highest BCUT2D eigenvalue weighted by Gasteiger charge is 2.60. The van der Waals surface area contributed by atoms with Gasteiger partial charge in [-0.1, -0.05) is 6.42 Å². The van der Waals surface area contributed by atoms with E-state index < -0.39 is 0 Å². The molecule has 1 heterocycles. The van der Waals surface area contributed by atoms with Crippen molar-refractivity contribution in [2.45, 2.75) is 25.7 Å². The van der Waals surface area contributed by atoms with Crippen LogP contribution in [0.2, 0.25) is 0 Å². The first-order valence-electron chi connectivity index (χ1n) is 5.67. The Hall–Kier alpha value is -1.58. The third kappa shape index (κ3) is 1.54. The van der Waals surface area contributed by atoms with Gasteiger partial charge < -0.3 is 4.42 Å². The second-order valence-corrected chi connectivity index (χ2v) is 4.72. The number of rotatable bonds is 3. The first kappa shape index (κ1) is 9.63. The van der Waals surface area contributed by atoms with Gasteiger partial charge in [-0.3, -0.25) is 4.79 Å². The van der Waals surface area contributed by atoms with Gasteiger partial charge in [-0.15, -0.1) is 0 Å². The van der Waals surface area contributed by atoms with Crippen molar-refractivity contribution in [3.8, 4) is 0 Å². The van der Waals surface area contributed by atoms with Crippen LogP contribution in [0.25, 0.3) is 0 Å². The van der Waals surface area contributed by atoms with Gasteiger partial charge in [-0.25, -0.2) is 5.43 Å². The lowest BCUT2D eigenvalue weighted by molar-refractivity contribution is -0.123. The number of amides is 1. The largest absolute Gasteiger partial charge is 0.463 e. The molecule has 16 heavy (non-hydrogen) atoms. The molecule has 1 N–H and O–H groups in total. The van der Waals surface area contributed by atoms with E-state index in [2.05, 4.69) is 10.5 Å². The van der Waals surface area contributed by atoms with Crippen LogP contribution in [0.3, 0.4) is 0 Å². The topological polar surface area (TPSA) is 54.6 Å². The van der Waals surface area contributed by atoms with Crippen LogP contribution in [-0.2, 0) is 4.79 Å². The van der Waals surface area contributed by atoms with Crippen molar-refractivity contribution in [3.05, 3.63) is 24.2 Å². The van der Waals surface area contributed by atoms with Crippen LogP contribution in [0, 0.1) is 11.3 Å². The van der Waals surface area contributed by atoms with Crippen LogP contribution in [0.5, 0.6) is 0 Å². The molecule has 1 atom stereocenters. The smallest absolute Gasteiger partial charge is 0.243 e. The predicted octanol–water partition coefficient (Wildman–Crippen LogP) is 1.92. The van der Waals surface area contributed by atoms with Gasteiger partial charge >= 0.3 is 0 Å². The van der Waals surface area contributed by atoms with Crippen molar-refractivity contribution in [3.63, 3.8) is 0 Å². The van der Waals surface area contributed by atoms with Gasteiger partial charge in [0.1, 0.15) is 5.76 Å². The maximum Gasteiger partial charge on any atom is 0.243 e. The summed E-state index contributed by atoms with van der Waals surface area (Å²) < 4.78 is 5.06. The monoisotopic (exact) mass is 218 g/mol. The Balaban J connectivity index is 1.51. The van der Waals surface area contributed by atoms with E-state index in [0.29, 0.717) is 11.2 Å². The third-order valence-electron chi connectivity index (χ3n) is 3.77. The summed E-state index contributed by atoms with van der Waals surface area (Å²) in [6.45, 7) is 0. The molecular formula is C12H14N2O2. The number of hydrazone groups is 1. The average molecular weight is 218 g/mol. The lowest BCUT2D eigenvalue weighted by Crippen LogP contribution is -2.26. The van der Waals surface area contributed by atoms with Gasteiger partial charge in [-0.05, 0) is 36.8 Å². The molecule has 0 radical (unpaired) electrons. The Morgan fingerprint density at radius 1 is 1.62 bits per heavy atom. The number of carbonyl (C=O) groups is 1. The molecule has 2 saturated carbocycles. The molecule has 4 nitrogen and oxygen atoms in total. The first-order valence-corrected chi connectivity index (χ1v) is 5.67. The molecule has 1 amide bonds. The molecule has 2 fully saturated rings. The second-order valence-electron chi connectivity index (χ2n) is 4.72. The molecular weight excluding hydrogens is 204 g/mol. The van der Waals surface area contributed by atoms with Crippen LogP contribution < -0.4 is 5.43 Å². The molecule has 4 heteroatoms. The highest BCUT2D eigenvalue weighted by molar-refractivity contribution is 5.84. The quantitative estimate of drug-likeness (QED) is 0.622. The summed E-state index contributed by atoms with van der Waals surface area (Å²) in [5, 5.41) is 3.88. The van der Waals surface area contributed by atoms with E-state index in [4.69, 9.17) is 4.42 Å². The number of hydrogen-bond donors (Lipinski definition) is 1. The SMILES string of the molecule is O=C(N/N=C\c1ccco1)[C@H]1CC12CCC2. The highest BCUT2D eigenvalue weighted by Crippen LogP contribution is 2.65. The van der Waals surface area contributed by atoms with Crippen molar-refractivity contribution >= 4 is 12.1 Å². The van der Waals surface area contributed by atoms with E-state index in [-0.39, 0.29) is 11.8 Å². The highest BCUT2D eigenvalue weighted by atomic mass is 16.3. The summed E-state index contributed by atoms with van der Waals surface area (Å²) in [5.41, 5.74) is 2.94. The molecule has 3 rings (SSSR count). The molecule has 2 aliphatic rings. The Labute approximate surface area is 93.7 Å². The van der Waals surface area contributed by atoms with Crippen LogP contribution >= 0.6 is 0 Å². The average Bonchev–Trinajstić information content (AvgIpc) is 2.82. The van der Waals surface area contributed by atoms with Crippen molar-refractivity contribution < 1.29 is 9.21 Å². The Kier molecular flexibility index (Phi) is 2.09. The van der Waals surface area contributed by atoms with Gasteiger partial charge in [0.2, 0.25) is 5.91 Å². The van der Waals surface area contributed by atoms with E-state index >= 15 is 0 Å². The maximum atomic E-state index is 11.7. The fourth-order valence-corrected chi connectivity index (χ4v) is 2.50. The molecule has 2 aliphatic carbocycles. The van der Waals surface area contributed by atoms with Gasteiger partial charge in [-0.2, -0.15) is 5.10 Å². The van der Waals surface area contributed by atoms with Crippen LogP contribution in [-0.4, -0.2) is 12.1 Å². The fraction of sp³-hybridized carbons (Fsp3) is 0.500. The fourth-order valence-electron chi connectivity index (χ4n) is 2.50. The van der Waals surface area contributed by atoms with Gasteiger partial charge in [0.25, 0.3) is 0 Å². The maximum absolute atomic E-state index is 11.7. The van der Waals surface area contributed by atoms with E-state index in [1.165, 1.54) is 25.5 Å². The van der Waals surface area contributed by atoms with Crippen LogP contribution in [0.4, 0.5) is 0 Å². The molecule has 0 bridgehead atoms. The zero-order valence-electron chi connectivity index (χ0n) is 8.98. The van der Waals surface area contributed by atoms with Gasteiger partial charge in [0.15, 0.2) is 0 Å². The molecule has 1 spiro atoms. The second kappa shape index (κ2) is 3.47.